The molecule has 4 aromatic carbocycles. The van der Waals surface area contributed by atoms with Gasteiger partial charge in [0.2, 0.25) is 0 Å². The molecular formula is C48H28Br2N6. The summed E-state index contributed by atoms with van der Waals surface area (Å²) in [5.41, 5.74) is 14.2. The quantitative estimate of drug-likeness (QED) is 0.168. The summed E-state index contributed by atoms with van der Waals surface area (Å²) in [5, 5.41) is 19.9. The molecule has 7 aromatic rings. The van der Waals surface area contributed by atoms with Crippen LogP contribution in [0.2, 0.25) is 0 Å². The van der Waals surface area contributed by atoms with Crippen molar-refractivity contribution in [1.82, 2.24) is 19.9 Å². The minimum atomic E-state index is -0.0193. The maximum Gasteiger partial charge on any atom is 0.130 e. The Morgan fingerprint density at radius 1 is 0.464 bits per heavy atom. The van der Waals surface area contributed by atoms with E-state index in [0.717, 1.165) is 86.9 Å². The molecule has 3 aromatic heterocycles. The number of allylic oxidation sites excluding steroid dienone is 3. The largest absolute Gasteiger partial charge is 0.354 e. The summed E-state index contributed by atoms with van der Waals surface area (Å²) in [7, 11) is 0. The molecule has 0 unspecified atom stereocenters. The minimum Gasteiger partial charge on any atom is -0.354 e. The number of nitrogens with zero attached hydrogens (tertiary/aromatic N) is 4. The molecule has 8 heteroatoms. The van der Waals surface area contributed by atoms with Crippen molar-refractivity contribution in [1.29, 1.82) is 10.5 Å². The molecule has 5 heterocycles. The minimum absolute atomic E-state index is 0.0193. The summed E-state index contributed by atoms with van der Waals surface area (Å²) in [6.45, 7) is 0. The highest BCUT2D eigenvalue weighted by atomic mass is 79.9. The molecule has 9 rings (SSSR count). The van der Waals surface area contributed by atoms with Crippen LogP contribution in [0.15, 0.2) is 157 Å². The van der Waals surface area contributed by atoms with Crippen molar-refractivity contribution in [2.24, 2.45) is 0 Å². The Morgan fingerprint density at radius 2 is 0.821 bits per heavy atom. The highest BCUT2D eigenvalue weighted by molar-refractivity contribution is 9.18. The first-order valence-corrected chi connectivity index (χ1v) is 19.4. The number of H-pyrrole nitrogens is 2. The lowest BCUT2D eigenvalue weighted by atomic mass is 9.98. The van der Waals surface area contributed by atoms with E-state index in [1.54, 1.807) is 6.08 Å². The van der Waals surface area contributed by atoms with E-state index in [4.69, 9.17) is 9.97 Å². The molecule has 0 atom stereocenters. The van der Waals surface area contributed by atoms with Gasteiger partial charge in [-0.1, -0.05) is 121 Å². The summed E-state index contributed by atoms with van der Waals surface area (Å²) in [6, 6.07) is 53.1. The molecule has 2 aliphatic rings. The Hall–Kier alpha value is -6.84. The molecule has 56 heavy (non-hydrogen) atoms. The zero-order chi connectivity index (χ0) is 38.2. The van der Waals surface area contributed by atoms with Gasteiger partial charge >= 0.3 is 0 Å². The molecule has 2 aliphatic heterocycles. The Balaban J connectivity index is 1.55. The van der Waals surface area contributed by atoms with Gasteiger partial charge in [0.15, 0.2) is 0 Å². The molecule has 0 fully saturated rings. The van der Waals surface area contributed by atoms with Crippen molar-refractivity contribution in [3.05, 3.63) is 180 Å². The number of fused-ring (bicyclic) bond motifs is 8. The van der Waals surface area contributed by atoms with E-state index >= 15 is 0 Å². The van der Waals surface area contributed by atoms with Crippen molar-refractivity contribution >= 4 is 74.5 Å². The second-order valence-electron chi connectivity index (χ2n) is 13.2. The highest BCUT2D eigenvalue weighted by Gasteiger charge is 2.26. The Kier molecular flexibility index (Phi) is 9.20. The lowest BCUT2D eigenvalue weighted by molar-refractivity contribution is 1.30. The number of nitrogens with one attached hydrogen (secondary N) is 2. The number of hydrogen-bond donors (Lipinski definition) is 2. The third kappa shape index (κ3) is 6.21. The second-order valence-corrected chi connectivity index (χ2v) is 14.8. The lowest BCUT2D eigenvalue weighted by Gasteiger charge is -2.08. The van der Waals surface area contributed by atoms with Crippen LogP contribution in [0.25, 0.3) is 87.2 Å². The average Bonchev–Trinajstić information content (AvgIpc) is 4.06. The predicted octanol–water partition coefficient (Wildman–Crippen LogP) is 13.1. The molecule has 0 spiro atoms. The highest BCUT2D eigenvalue weighted by Crippen LogP contribution is 2.47. The first kappa shape index (κ1) is 34.9. The van der Waals surface area contributed by atoms with Crippen LogP contribution in [0.1, 0.15) is 22.8 Å². The first-order chi connectivity index (χ1) is 27.5. The third-order valence-electron chi connectivity index (χ3n) is 9.84. The molecular weight excluding hydrogens is 820 g/mol. The van der Waals surface area contributed by atoms with Crippen LogP contribution >= 0.6 is 31.9 Å². The van der Waals surface area contributed by atoms with Gasteiger partial charge < -0.3 is 9.97 Å². The molecule has 0 saturated carbocycles. The topological polar surface area (TPSA) is 105 Å². The van der Waals surface area contributed by atoms with Gasteiger partial charge in [0.1, 0.15) is 17.7 Å². The summed E-state index contributed by atoms with van der Waals surface area (Å²) in [5.74, 6) is 0. The molecule has 264 valence electrons. The van der Waals surface area contributed by atoms with Crippen LogP contribution in [-0.4, -0.2) is 19.9 Å². The zero-order valence-electron chi connectivity index (χ0n) is 29.6. The van der Waals surface area contributed by atoms with Gasteiger partial charge in [-0.05, 0) is 90.5 Å². The molecule has 0 aliphatic carbocycles. The standard InChI is InChI=1S/C48H28Br2N6/c49-44-45(50)48-43(33-19-11-4-12-20-33)38-24-23-36(54-38)41(31-15-7-2-8-16-31)46-34(25-29(27-51)28-52)26-39(55-46)40(30-13-5-1-6-14-30)35-21-22-37(53-35)42(47(44)56-48)32-17-9-3-10-18-32/h1-26,53-54H. The van der Waals surface area contributed by atoms with E-state index < -0.39 is 0 Å². The predicted molar refractivity (Wildman–Crippen MR) is 235 cm³/mol. The van der Waals surface area contributed by atoms with Gasteiger partial charge in [-0.3, -0.25) is 0 Å². The van der Waals surface area contributed by atoms with Crippen molar-refractivity contribution in [2.45, 2.75) is 0 Å². The maximum absolute atomic E-state index is 9.96. The lowest BCUT2D eigenvalue weighted by Crippen LogP contribution is -1.91. The molecule has 6 nitrogen and oxygen atoms in total. The van der Waals surface area contributed by atoms with Gasteiger partial charge in [0, 0.05) is 49.9 Å². The number of nitriles is 2. The van der Waals surface area contributed by atoms with Crippen LogP contribution in [0.3, 0.4) is 0 Å². The van der Waals surface area contributed by atoms with Crippen LogP contribution in [0.4, 0.5) is 0 Å². The van der Waals surface area contributed by atoms with Crippen molar-refractivity contribution in [3.63, 3.8) is 0 Å². The Morgan fingerprint density at radius 3 is 1.21 bits per heavy atom. The summed E-state index contributed by atoms with van der Waals surface area (Å²) < 4.78 is 1.66. The van der Waals surface area contributed by atoms with E-state index in [9.17, 15) is 10.5 Å². The molecule has 0 radical (unpaired) electrons. The van der Waals surface area contributed by atoms with Gasteiger partial charge in [-0.25, -0.2) is 9.97 Å². The molecule has 2 N–H and O–H groups in total. The summed E-state index contributed by atoms with van der Waals surface area (Å²) in [6.07, 6.45) is 3.60. The number of rotatable bonds is 5. The number of benzene rings is 4. The van der Waals surface area contributed by atoms with Gasteiger partial charge in [0.05, 0.1) is 31.7 Å². The monoisotopic (exact) mass is 846 g/mol. The summed E-state index contributed by atoms with van der Waals surface area (Å²) in [4.78, 5) is 18.4. The average molecular weight is 849 g/mol. The summed E-state index contributed by atoms with van der Waals surface area (Å²) >= 11 is 7.94. The first-order valence-electron chi connectivity index (χ1n) is 17.8. The molecule has 0 saturated heterocycles. The Bertz CT molecular complexity index is 3020. The van der Waals surface area contributed by atoms with Gasteiger partial charge in [0.25, 0.3) is 0 Å². The van der Waals surface area contributed by atoms with Crippen LogP contribution in [-0.2, 0) is 0 Å². The molecule has 0 amide bonds. The smallest absolute Gasteiger partial charge is 0.130 e. The fraction of sp³-hybridized carbons (Fsp3) is 0. The van der Waals surface area contributed by atoms with Gasteiger partial charge in [-0.2, -0.15) is 10.5 Å². The molecule has 8 bridgehead atoms. The van der Waals surface area contributed by atoms with Gasteiger partial charge in [-0.15, -0.1) is 0 Å². The van der Waals surface area contributed by atoms with Crippen LogP contribution < -0.4 is 0 Å². The fourth-order valence-corrected chi connectivity index (χ4v) is 8.31. The van der Waals surface area contributed by atoms with Crippen LogP contribution in [0.5, 0.6) is 0 Å². The van der Waals surface area contributed by atoms with Crippen LogP contribution in [0, 0.1) is 22.7 Å². The fourth-order valence-electron chi connectivity index (χ4n) is 7.36. The van der Waals surface area contributed by atoms with E-state index in [0.29, 0.717) is 17.0 Å². The van der Waals surface area contributed by atoms with E-state index in [1.807, 2.05) is 91.0 Å². The third-order valence-corrected chi connectivity index (χ3v) is 11.9. The van der Waals surface area contributed by atoms with Crippen molar-refractivity contribution < 1.29 is 0 Å². The number of aromatic nitrogens is 4. The SMILES string of the molecule is N#CC(C#N)=CC1=Cc2nc1c(-c1ccccc1)c1ccc([nH]1)c(-c1ccccc1)c1nc(c(-c3ccccc3)c3ccc([nH]3)c2-c2ccccc2)C(Br)=C1Br. The van der Waals surface area contributed by atoms with Crippen molar-refractivity contribution in [3.8, 4) is 56.6 Å². The van der Waals surface area contributed by atoms with E-state index in [-0.39, 0.29) is 5.57 Å². The Labute approximate surface area is 339 Å². The second kappa shape index (κ2) is 14.8. The maximum atomic E-state index is 9.96. The number of aromatic amines is 2. The van der Waals surface area contributed by atoms with E-state index in [2.05, 4.69) is 115 Å². The van der Waals surface area contributed by atoms with Crippen molar-refractivity contribution in [2.75, 3.05) is 0 Å². The number of hydrogen-bond acceptors (Lipinski definition) is 4. The van der Waals surface area contributed by atoms with E-state index in [1.165, 1.54) is 0 Å². The zero-order valence-corrected chi connectivity index (χ0v) is 32.7. The number of halogens is 2. The normalized spacial score (nSPS) is 12.1.